The molecule has 0 spiro atoms. The van der Waals surface area contributed by atoms with Gasteiger partial charge in [0.15, 0.2) is 0 Å². The molecule has 7 heteroatoms. The highest BCUT2D eigenvalue weighted by Crippen LogP contribution is 2.16. The Balaban J connectivity index is 1.38. The summed E-state index contributed by atoms with van der Waals surface area (Å²) in [6, 6.07) is 14.4. The molecule has 0 atom stereocenters. The van der Waals surface area contributed by atoms with Gasteiger partial charge in [0.05, 0.1) is 4.92 Å². The number of hydrogen-bond donors (Lipinski definition) is 1. The third-order valence-corrected chi connectivity index (χ3v) is 5.14. The predicted octanol–water partition coefficient (Wildman–Crippen LogP) is 3.05. The van der Waals surface area contributed by atoms with Crippen LogP contribution in [0.15, 0.2) is 48.5 Å². The molecule has 1 fully saturated rings. The Hall–Kier alpha value is -2.77. The fraction of sp³-hybridized carbons (Fsp3) is 0.381. The van der Waals surface area contributed by atoms with Gasteiger partial charge in [-0.1, -0.05) is 24.3 Å². The van der Waals surface area contributed by atoms with Crippen molar-refractivity contribution in [1.29, 1.82) is 0 Å². The van der Waals surface area contributed by atoms with E-state index in [2.05, 4.69) is 46.3 Å². The van der Waals surface area contributed by atoms with Gasteiger partial charge in [-0.3, -0.25) is 19.8 Å². The molecule has 0 aromatic heterocycles. The summed E-state index contributed by atoms with van der Waals surface area (Å²) in [6.07, 6.45) is 0.411. The van der Waals surface area contributed by atoms with Crippen LogP contribution in [-0.2, 0) is 11.3 Å². The molecule has 0 unspecified atom stereocenters. The highest BCUT2D eigenvalue weighted by molar-refractivity contribution is 5.90. The SMILES string of the molecule is Cc1ccccc1CN1CCN(CCC(=O)Nc2ccc([N+](=O)[O-])cc2)CC1. The van der Waals surface area contributed by atoms with E-state index in [9.17, 15) is 14.9 Å². The lowest BCUT2D eigenvalue weighted by molar-refractivity contribution is -0.384. The zero-order chi connectivity index (χ0) is 19.9. The Kier molecular flexibility index (Phi) is 6.73. The maximum Gasteiger partial charge on any atom is 0.269 e. The van der Waals surface area contributed by atoms with Gasteiger partial charge in [0.2, 0.25) is 5.91 Å². The van der Waals surface area contributed by atoms with Crippen LogP contribution in [0.5, 0.6) is 0 Å². The lowest BCUT2D eigenvalue weighted by Crippen LogP contribution is -2.46. The molecule has 0 radical (unpaired) electrons. The topological polar surface area (TPSA) is 78.7 Å². The standard InChI is InChI=1S/C21H26N4O3/c1-17-4-2-3-5-18(17)16-24-14-12-23(13-15-24)11-10-21(26)22-19-6-8-20(9-7-19)25(27)28/h2-9H,10-16H2,1H3,(H,22,26). The van der Waals surface area contributed by atoms with E-state index >= 15 is 0 Å². The van der Waals surface area contributed by atoms with E-state index < -0.39 is 4.92 Å². The number of aryl methyl sites for hydroxylation is 1. The van der Waals surface area contributed by atoms with Crippen LogP contribution >= 0.6 is 0 Å². The second-order valence-corrected chi connectivity index (χ2v) is 7.15. The number of rotatable bonds is 7. The van der Waals surface area contributed by atoms with E-state index in [0.717, 1.165) is 39.3 Å². The number of amides is 1. The monoisotopic (exact) mass is 382 g/mol. The number of carbonyl (C=O) groups is 1. The summed E-state index contributed by atoms with van der Waals surface area (Å²) in [7, 11) is 0. The number of carbonyl (C=O) groups excluding carboxylic acids is 1. The zero-order valence-corrected chi connectivity index (χ0v) is 16.1. The van der Waals surface area contributed by atoms with E-state index in [1.807, 2.05) is 0 Å². The first-order valence-electron chi connectivity index (χ1n) is 9.55. The first-order valence-corrected chi connectivity index (χ1v) is 9.55. The molecule has 0 bridgehead atoms. The van der Waals surface area contributed by atoms with E-state index in [4.69, 9.17) is 0 Å². The summed E-state index contributed by atoms with van der Waals surface area (Å²) in [6.45, 7) is 7.75. The smallest absolute Gasteiger partial charge is 0.269 e. The van der Waals surface area contributed by atoms with Crippen LogP contribution in [0.25, 0.3) is 0 Å². The lowest BCUT2D eigenvalue weighted by Gasteiger charge is -2.34. The maximum atomic E-state index is 12.1. The van der Waals surface area contributed by atoms with E-state index in [1.54, 1.807) is 12.1 Å². The summed E-state index contributed by atoms with van der Waals surface area (Å²) in [4.78, 5) is 27.1. The molecule has 1 aliphatic heterocycles. The Bertz CT molecular complexity index is 815. The average Bonchev–Trinajstić information content (AvgIpc) is 2.69. The summed E-state index contributed by atoms with van der Waals surface area (Å²) in [5.41, 5.74) is 3.30. The second-order valence-electron chi connectivity index (χ2n) is 7.15. The van der Waals surface area contributed by atoms with Gasteiger partial charge in [0.25, 0.3) is 5.69 Å². The summed E-state index contributed by atoms with van der Waals surface area (Å²) in [5.74, 6) is -0.0730. The third kappa shape index (κ3) is 5.61. The predicted molar refractivity (Wildman–Crippen MR) is 109 cm³/mol. The Morgan fingerprint density at radius 2 is 1.68 bits per heavy atom. The highest BCUT2D eigenvalue weighted by atomic mass is 16.6. The number of non-ortho nitro benzene ring substituents is 1. The molecule has 148 valence electrons. The minimum absolute atomic E-state index is 0.0153. The van der Waals surface area contributed by atoms with Gasteiger partial charge in [-0.15, -0.1) is 0 Å². The molecule has 1 amide bonds. The van der Waals surface area contributed by atoms with E-state index in [1.165, 1.54) is 23.3 Å². The number of piperazine rings is 1. The lowest BCUT2D eigenvalue weighted by atomic mass is 10.1. The van der Waals surface area contributed by atoms with Crippen molar-refractivity contribution in [2.75, 3.05) is 38.0 Å². The second kappa shape index (κ2) is 9.43. The largest absolute Gasteiger partial charge is 0.326 e. The molecule has 2 aromatic rings. The molecule has 1 aliphatic rings. The van der Waals surface area contributed by atoms with Gasteiger partial charge in [-0.25, -0.2) is 0 Å². The van der Waals surface area contributed by atoms with Crippen LogP contribution in [0.2, 0.25) is 0 Å². The molecule has 1 N–H and O–H groups in total. The Morgan fingerprint density at radius 3 is 2.32 bits per heavy atom. The van der Waals surface area contributed by atoms with Crippen molar-refractivity contribution in [2.45, 2.75) is 19.9 Å². The molecular formula is C21H26N4O3. The van der Waals surface area contributed by atoms with Gasteiger partial charge in [0, 0.05) is 63.5 Å². The van der Waals surface area contributed by atoms with Gasteiger partial charge < -0.3 is 10.2 Å². The molecule has 1 heterocycles. The fourth-order valence-electron chi connectivity index (χ4n) is 3.35. The Morgan fingerprint density at radius 1 is 1.04 bits per heavy atom. The molecule has 1 saturated heterocycles. The first kappa shape index (κ1) is 20.0. The first-order chi connectivity index (χ1) is 13.5. The summed E-state index contributed by atoms with van der Waals surface area (Å²) < 4.78 is 0. The number of hydrogen-bond acceptors (Lipinski definition) is 5. The number of nitro groups is 1. The Labute approximate surface area is 165 Å². The molecular weight excluding hydrogens is 356 g/mol. The van der Waals surface area contributed by atoms with Crippen molar-refractivity contribution in [3.05, 3.63) is 69.8 Å². The molecule has 28 heavy (non-hydrogen) atoms. The van der Waals surface area contributed by atoms with Crippen LogP contribution in [0.4, 0.5) is 11.4 Å². The van der Waals surface area contributed by atoms with Crippen molar-refractivity contribution >= 4 is 17.3 Å². The average molecular weight is 382 g/mol. The molecule has 0 saturated carbocycles. The summed E-state index contributed by atoms with van der Waals surface area (Å²) in [5, 5.41) is 13.5. The van der Waals surface area contributed by atoms with Gasteiger partial charge >= 0.3 is 0 Å². The quantitative estimate of drug-likeness (QED) is 0.588. The van der Waals surface area contributed by atoms with Crippen molar-refractivity contribution < 1.29 is 9.72 Å². The van der Waals surface area contributed by atoms with Crippen molar-refractivity contribution in [2.24, 2.45) is 0 Å². The number of anilines is 1. The van der Waals surface area contributed by atoms with Crippen LogP contribution in [-0.4, -0.2) is 53.4 Å². The number of nitro benzene ring substituents is 1. The van der Waals surface area contributed by atoms with Gasteiger partial charge in [-0.2, -0.15) is 0 Å². The molecule has 2 aromatic carbocycles. The van der Waals surface area contributed by atoms with E-state index in [0.29, 0.717) is 12.1 Å². The number of benzene rings is 2. The number of nitrogens with one attached hydrogen (secondary N) is 1. The molecule has 7 nitrogen and oxygen atoms in total. The van der Waals surface area contributed by atoms with E-state index in [-0.39, 0.29) is 11.6 Å². The normalized spacial score (nSPS) is 15.3. The van der Waals surface area contributed by atoms with Crippen LogP contribution in [0.3, 0.4) is 0 Å². The zero-order valence-electron chi connectivity index (χ0n) is 16.1. The molecule has 3 rings (SSSR count). The third-order valence-electron chi connectivity index (χ3n) is 5.14. The van der Waals surface area contributed by atoms with Crippen molar-refractivity contribution in [1.82, 2.24) is 9.80 Å². The number of nitrogens with zero attached hydrogens (tertiary/aromatic N) is 3. The van der Waals surface area contributed by atoms with Gasteiger partial charge in [-0.05, 0) is 30.2 Å². The summed E-state index contributed by atoms with van der Waals surface area (Å²) >= 11 is 0. The highest BCUT2D eigenvalue weighted by Gasteiger charge is 2.18. The van der Waals surface area contributed by atoms with Crippen LogP contribution < -0.4 is 5.32 Å². The minimum Gasteiger partial charge on any atom is -0.326 e. The molecule has 0 aliphatic carbocycles. The van der Waals surface area contributed by atoms with Crippen molar-refractivity contribution in [3.63, 3.8) is 0 Å². The maximum absolute atomic E-state index is 12.1. The van der Waals surface area contributed by atoms with Crippen LogP contribution in [0, 0.1) is 17.0 Å². The van der Waals surface area contributed by atoms with Crippen molar-refractivity contribution in [3.8, 4) is 0 Å². The van der Waals surface area contributed by atoms with Crippen LogP contribution in [0.1, 0.15) is 17.5 Å². The minimum atomic E-state index is -0.454. The fourth-order valence-corrected chi connectivity index (χ4v) is 3.35. The van der Waals surface area contributed by atoms with Gasteiger partial charge in [0.1, 0.15) is 0 Å².